The summed E-state index contributed by atoms with van der Waals surface area (Å²) in [6.07, 6.45) is 2.70. The predicted molar refractivity (Wildman–Crippen MR) is 125 cm³/mol. The number of nitrogens with one attached hydrogen (secondary N) is 1. The van der Waals surface area contributed by atoms with Crippen LogP contribution in [0.4, 0.5) is 5.82 Å². The van der Waals surface area contributed by atoms with Gasteiger partial charge in [-0.1, -0.05) is 30.1 Å². The predicted octanol–water partition coefficient (Wildman–Crippen LogP) is 5.16. The van der Waals surface area contributed by atoms with Crippen molar-refractivity contribution in [3.8, 4) is 22.8 Å². The van der Waals surface area contributed by atoms with Gasteiger partial charge in [0, 0.05) is 47.4 Å². The van der Waals surface area contributed by atoms with Gasteiger partial charge in [-0.05, 0) is 32.6 Å². The average molecular weight is 449 g/mol. The van der Waals surface area contributed by atoms with E-state index in [-0.39, 0.29) is 0 Å². The lowest BCUT2D eigenvalue weighted by molar-refractivity contribution is 0.395. The molecule has 3 rings (SSSR count). The van der Waals surface area contributed by atoms with E-state index in [9.17, 15) is 0 Å². The monoisotopic (exact) mass is 448 g/mol. The van der Waals surface area contributed by atoms with Crippen molar-refractivity contribution in [3.05, 3.63) is 40.1 Å². The van der Waals surface area contributed by atoms with Crippen LogP contribution in [0, 0.1) is 0 Å². The Morgan fingerprint density at radius 1 is 1.03 bits per heavy atom. The summed E-state index contributed by atoms with van der Waals surface area (Å²) in [6.45, 7) is 3.69. The van der Waals surface area contributed by atoms with E-state index in [1.165, 1.54) is 0 Å². The number of rotatable bonds is 8. The van der Waals surface area contributed by atoms with Gasteiger partial charge in [0.2, 0.25) is 0 Å². The van der Waals surface area contributed by atoms with Gasteiger partial charge >= 0.3 is 0 Å². The van der Waals surface area contributed by atoms with E-state index in [0.29, 0.717) is 32.8 Å². The highest BCUT2D eigenvalue weighted by Crippen LogP contribution is 2.46. The van der Waals surface area contributed by atoms with E-state index >= 15 is 0 Å². The summed E-state index contributed by atoms with van der Waals surface area (Å²) >= 11 is 13.3. The molecule has 0 radical (unpaired) electrons. The van der Waals surface area contributed by atoms with Crippen molar-refractivity contribution in [3.63, 3.8) is 0 Å². The number of aryl methyl sites for hydroxylation is 1. The molecule has 8 heteroatoms. The Kier molecular flexibility index (Phi) is 7.23. The third-order valence-electron chi connectivity index (χ3n) is 4.81. The molecule has 30 heavy (non-hydrogen) atoms. The Labute approximate surface area is 187 Å². The molecule has 0 aliphatic carbocycles. The Morgan fingerprint density at radius 3 is 2.27 bits per heavy atom. The molecule has 0 aliphatic rings. The van der Waals surface area contributed by atoms with Gasteiger partial charge in [-0.2, -0.15) is 0 Å². The summed E-state index contributed by atoms with van der Waals surface area (Å²) in [5.41, 5.74) is 2.19. The fraction of sp³-hybridized carbons (Fsp3) is 0.364. The number of hydrogen-bond acceptors (Lipinski definition) is 6. The number of hydrogen-bond donors (Lipinski definition) is 1. The SMILES string of the molecule is CCc1cc2c(NCCN(C)C)nc(-c3c(Cl)c(OC)cc(OC)c3Cl)cc2cn1. The summed E-state index contributed by atoms with van der Waals surface area (Å²) in [7, 11) is 7.17. The maximum Gasteiger partial charge on any atom is 0.141 e. The van der Waals surface area contributed by atoms with Crippen LogP contribution in [0.25, 0.3) is 22.0 Å². The first-order valence-corrected chi connectivity index (χ1v) is 10.4. The maximum atomic E-state index is 6.63. The number of aromatic nitrogens is 2. The van der Waals surface area contributed by atoms with Crippen molar-refractivity contribution in [2.75, 3.05) is 46.7 Å². The van der Waals surface area contributed by atoms with Crippen LogP contribution < -0.4 is 14.8 Å². The third kappa shape index (κ3) is 4.56. The van der Waals surface area contributed by atoms with Crippen LogP contribution in [0.5, 0.6) is 11.5 Å². The molecule has 0 saturated heterocycles. The van der Waals surface area contributed by atoms with Crippen LogP contribution in [-0.2, 0) is 6.42 Å². The molecular weight excluding hydrogens is 423 g/mol. The minimum Gasteiger partial charge on any atom is -0.495 e. The van der Waals surface area contributed by atoms with Gasteiger partial charge in [-0.25, -0.2) is 4.98 Å². The summed E-state index contributed by atoms with van der Waals surface area (Å²) in [5, 5.41) is 6.16. The molecule has 0 unspecified atom stereocenters. The average Bonchev–Trinajstić information content (AvgIpc) is 2.73. The summed E-state index contributed by atoms with van der Waals surface area (Å²) in [6, 6.07) is 5.67. The molecular formula is C22H26Cl2N4O2. The second-order valence-electron chi connectivity index (χ2n) is 7.12. The highest BCUT2D eigenvalue weighted by Gasteiger charge is 2.21. The Morgan fingerprint density at radius 2 is 1.70 bits per heavy atom. The van der Waals surface area contributed by atoms with Crippen LogP contribution in [0.3, 0.4) is 0 Å². The highest BCUT2D eigenvalue weighted by molar-refractivity contribution is 6.41. The highest BCUT2D eigenvalue weighted by atomic mass is 35.5. The van der Waals surface area contributed by atoms with E-state index < -0.39 is 0 Å². The molecule has 0 aliphatic heterocycles. The number of methoxy groups -OCH3 is 2. The fourth-order valence-electron chi connectivity index (χ4n) is 3.15. The van der Waals surface area contributed by atoms with Gasteiger partial charge in [-0.3, -0.25) is 4.98 Å². The second-order valence-corrected chi connectivity index (χ2v) is 7.88. The fourth-order valence-corrected chi connectivity index (χ4v) is 3.85. The standard InChI is InChI=1S/C22H26Cl2N4O2/c1-6-14-10-15-13(12-26-14)9-16(27-22(15)25-7-8-28(2)3)19-20(23)17(29-4)11-18(30-5)21(19)24/h9-12H,6-8H2,1-5H3,(H,25,27). The quantitative estimate of drug-likeness (QED) is 0.513. The number of nitrogens with zero attached hydrogens (tertiary/aromatic N) is 3. The van der Waals surface area contributed by atoms with Gasteiger partial charge in [0.1, 0.15) is 17.3 Å². The second kappa shape index (κ2) is 9.69. The molecule has 0 atom stereocenters. The van der Waals surface area contributed by atoms with Crippen molar-refractivity contribution in [2.24, 2.45) is 0 Å². The zero-order chi connectivity index (χ0) is 21.8. The van der Waals surface area contributed by atoms with Crippen molar-refractivity contribution in [2.45, 2.75) is 13.3 Å². The molecule has 0 spiro atoms. The largest absolute Gasteiger partial charge is 0.495 e. The molecule has 1 aromatic carbocycles. The molecule has 2 aromatic heterocycles. The number of fused-ring (bicyclic) bond motifs is 1. The number of pyridine rings is 2. The molecule has 6 nitrogen and oxygen atoms in total. The molecule has 2 heterocycles. The van der Waals surface area contributed by atoms with Crippen LogP contribution in [0.2, 0.25) is 10.0 Å². The van der Waals surface area contributed by atoms with E-state index in [1.807, 2.05) is 26.4 Å². The summed E-state index contributed by atoms with van der Waals surface area (Å²) in [4.78, 5) is 11.5. The number of likely N-dealkylation sites (N-methyl/N-ethyl adjacent to an activating group) is 1. The Hall–Kier alpha value is -2.28. The molecule has 1 N–H and O–H groups in total. The van der Waals surface area contributed by atoms with Gasteiger partial charge in [0.05, 0.1) is 30.0 Å². The Balaban J connectivity index is 2.22. The van der Waals surface area contributed by atoms with Gasteiger partial charge in [0.15, 0.2) is 0 Å². The normalized spacial score (nSPS) is 11.2. The lowest BCUT2D eigenvalue weighted by Crippen LogP contribution is -2.21. The topological polar surface area (TPSA) is 59.5 Å². The minimum atomic E-state index is 0.382. The third-order valence-corrected chi connectivity index (χ3v) is 5.56. The zero-order valence-corrected chi connectivity index (χ0v) is 19.4. The lowest BCUT2D eigenvalue weighted by Gasteiger charge is -2.17. The number of anilines is 1. The van der Waals surface area contributed by atoms with Gasteiger partial charge in [-0.15, -0.1) is 0 Å². The number of ether oxygens (including phenoxy) is 2. The van der Waals surface area contributed by atoms with Gasteiger partial charge < -0.3 is 19.7 Å². The molecule has 0 fully saturated rings. The molecule has 0 bridgehead atoms. The minimum absolute atomic E-state index is 0.382. The van der Waals surface area contributed by atoms with E-state index in [0.717, 1.165) is 41.8 Å². The van der Waals surface area contributed by atoms with Crippen molar-refractivity contribution in [1.29, 1.82) is 0 Å². The zero-order valence-electron chi connectivity index (χ0n) is 17.8. The van der Waals surface area contributed by atoms with Crippen LogP contribution in [0.15, 0.2) is 24.4 Å². The van der Waals surface area contributed by atoms with Gasteiger partial charge in [0.25, 0.3) is 0 Å². The summed E-state index contributed by atoms with van der Waals surface area (Å²) in [5.74, 6) is 1.70. The number of halogens is 2. The summed E-state index contributed by atoms with van der Waals surface area (Å²) < 4.78 is 10.8. The molecule has 0 saturated carbocycles. The smallest absolute Gasteiger partial charge is 0.141 e. The first kappa shape index (κ1) is 22.4. The maximum absolute atomic E-state index is 6.63. The first-order chi connectivity index (χ1) is 14.4. The number of benzene rings is 1. The molecule has 160 valence electrons. The van der Waals surface area contributed by atoms with Crippen molar-refractivity contribution >= 4 is 39.8 Å². The Bertz CT molecular complexity index is 1030. The molecule has 0 amide bonds. The van der Waals surface area contributed by atoms with Crippen LogP contribution >= 0.6 is 23.2 Å². The van der Waals surface area contributed by atoms with Crippen molar-refractivity contribution in [1.82, 2.24) is 14.9 Å². The van der Waals surface area contributed by atoms with E-state index in [1.54, 1.807) is 20.3 Å². The first-order valence-electron chi connectivity index (χ1n) is 9.68. The van der Waals surface area contributed by atoms with E-state index in [2.05, 4.69) is 28.2 Å². The van der Waals surface area contributed by atoms with E-state index in [4.69, 9.17) is 37.7 Å². The molecule has 3 aromatic rings. The lowest BCUT2D eigenvalue weighted by atomic mass is 10.1. The van der Waals surface area contributed by atoms with Crippen LogP contribution in [0.1, 0.15) is 12.6 Å². The van der Waals surface area contributed by atoms with Crippen molar-refractivity contribution < 1.29 is 9.47 Å². The van der Waals surface area contributed by atoms with Crippen LogP contribution in [-0.4, -0.2) is 56.3 Å².